The first-order chi connectivity index (χ1) is 10.7. The van der Waals surface area contributed by atoms with Gasteiger partial charge in [-0.25, -0.2) is 0 Å². The predicted octanol–water partition coefficient (Wildman–Crippen LogP) is 6.53. The molecule has 1 rings (SSSR count). The van der Waals surface area contributed by atoms with Crippen molar-refractivity contribution >= 4 is 8.32 Å². The lowest BCUT2D eigenvalue weighted by atomic mass is 10.1. The van der Waals surface area contributed by atoms with E-state index in [4.69, 9.17) is 4.43 Å². The number of allylic oxidation sites excluding steroid dienone is 2. The summed E-state index contributed by atoms with van der Waals surface area (Å²) in [5.74, 6) is 0. The first kappa shape index (κ1) is 19.9. The van der Waals surface area contributed by atoms with E-state index >= 15 is 0 Å². The van der Waals surface area contributed by atoms with Crippen molar-refractivity contribution in [2.75, 3.05) is 6.61 Å². The molecule has 0 aromatic heterocycles. The Morgan fingerprint density at radius 1 is 1.13 bits per heavy atom. The fraction of sp³-hybridized carbons (Fsp3) is 0.524. The van der Waals surface area contributed by atoms with E-state index in [0.717, 1.165) is 19.3 Å². The van der Waals surface area contributed by atoms with Crippen LogP contribution >= 0.6 is 0 Å². The molecule has 0 fully saturated rings. The van der Waals surface area contributed by atoms with Gasteiger partial charge in [-0.15, -0.1) is 0 Å². The molecule has 0 aliphatic rings. The number of hydrogen-bond donors (Lipinski definition) is 0. The third-order valence-corrected chi connectivity index (χ3v) is 9.17. The molecule has 128 valence electrons. The lowest BCUT2D eigenvalue weighted by Gasteiger charge is -2.36. The van der Waals surface area contributed by atoms with Gasteiger partial charge in [0.25, 0.3) is 0 Å². The van der Waals surface area contributed by atoms with Crippen LogP contribution in [0.5, 0.6) is 0 Å². The molecular weight excluding hydrogens is 296 g/mol. The summed E-state index contributed by atoms with van der Waals surface area (Å²) in [5, 5.41) is 0.264. The lowest BCUT2D eigenvalue weighted by molar-refractivity contribution is 0.317. The molecule has 0 unspecified atom stereocenters. The molecule has 0 amide bonds. The maximum absolute atomic E-state index is 6.20. The van der Waals surface area contributed by atoms with E-state index in [2.05, 4.69) is 82.9 Å². The van der Waals surface area contributed by atoms with Gasteiger partial charge in [0.15, 0.2) is 8.32 Å². The maximum Gasteiger partial charge on any atom is 0.192 e. The lowest BCUT2D eigenvalue weighted by Crippen LogP contribution is -2.41. The first-order valence-corrected chi connectivity index (χ1v) is 11.6. The normalized spacial score (nSPS) is 12.7. The van der Waals surface area contributed by atoms with Gasteiger partial charge in [0, 0.05) is 0 Å². The molecule has 0 aliphatic heterocycles. The van der Waals surface area contributed by atoms with Crippen molar-refractivity contribution in [3.63, 3.8) is 0 Å². The molecule has 1 aromatic carbocycles. The monoisotopic (exact) mass is 330 g/mol. The van der Waals surface area contributed by atoms with Crippen molar-refractivity contribution in [3.05, 3.63) is 60.2 Å². The molecule has 0 saturated heterocycles. The third kappa shape index (κ3) is 7.80. The zero-order chi connectivity index (χ0) is 17.3. The average Bonchev–Trinajstić information content (AvgIpc) is 2.48. The molecule has 0 saturated carbocycles. The van der Waals surface area contributed by atoms with Crippen LogP contribution in [0.25, 0.3) is 0 Å². The summed E-state index contributed by atoms with van der Waals surface area (Å²) >= 11 is 0. The molecule has 1 aromatic rings. The predicted molar refractivity (Wildman–Crippen MR) is 105 cm³/mol. The fourth-order valence-electron chi connectivity index (χ4n) is 1.99. The average molecular weight is 331 g/mol. The van der Waals surface area contributed by atoms with Crippen molar-refractivity contribution in [2.45, 2.75) is 64.6 Å². The van der Waals surface area contributed by atoms with E-state index in [-0.39, 0.29) is 5.04 Å². The second-order valence-electron chi connectivity index (χ2n) is 7.85. The number of benzene rings is 1. The molecule has 0 atom stereocenters. The standard InChI is InChI=1S/C21H34OSi/c1-19(18-22-23(5,6)21(2,3)4)14-10-7-8-11-15-20-16-12-9-13-17-20/h7,9-10,12-13,16-17H,1,8,11,14-15,18H2,2-6H3/b10-7+. The summed E-state index contributed by atoms with van der Waals surface area (Å²) in [6, 6.07) is 10.7. The smallest absolute Gasteiger partial charge is 0.192 e. The van der Waals surface area contributed by atoms with Crippen molar-refractivity contribution in [2.24, 2.45) is 0 Å². The van der Waals surface area contributed by atoms with E-state index in [9.17, 15) is 0 Å². The second kappa shape index (κ2) is 9.24. The molecule has 0 aliphatic carbocycles. The van der Waals surface area contributed by atoms with Gasteiger partial charge >= 0.3 is 0 Å². The highest BCUT2D eigenvalue weighted by Gasteiger charge is 2.36. The molecule has 23 heavy (non-hydrogen) atoms. The van der Waals surface area contributed by atoms with Gasteiger partial charge in [-0.2, -0.15) is 0 Å². The minimum absolute atomic E-state index is 0.264. The van der Waals surface area contributed by atoms with Gasteiger partial charge in [0.05, 0.1) is 6.61 Å². The first-order valence-electron chi connectivity index (χ1n) is 8.72. The van der Waals surface area contributed by atoms with Gasteiger partial charge in [0.2, 0.25) is 0 Å². The Morgan fingerprint density at radius 2 is 1.78 bits per heavy atom. The van der Waals surface area contributed by atoms with E-state index in [1.54, 1.807) is 0 Å². The minimum Gasteiger partial charge on any atom is -0.413 e. The summed E-state index contributed by atoms with van der Waals surface area (Å²) in [6.45, 7) is 16.3. The van der Waals surface area contributed by atoms with Crippen molar-refractivity contribution < 1.29 is 4.43 Å². The van der Waals surface area contributed by atoms with E-state index in [1.165, 1.54) is 17.6 Å². The fourth-order valence-corrected chi connectivity index (χ4v) is 2.99. The highest BCUT2D eigenvalue weighted by Crippen LogP contribution is 2.36. The number of hydrogen-bond acceptors (Lipinski definition) is 1. The molecule has 0 radical (unpaired) electrons. The SMILES string of the molecule is C=C(C/C=C/CCCc1ccccc1)CO[Si](C)(C)C(C)(C)C. The van der Waals surface area contributed by atoms with Gasteiger partial charge in [-0.05, 0) is 55.0 Å². The molecular formula is C21H34OSi. The van der Waals surface area contributed by atoms with Crippen LogP contribution in [0.4, 0.5) is 0 Å². The largest absolute Gasteiger partial charge is 0.413 e. The van der Waals surface area contributed by atoms with Crippen LogP contribution < -0.4 is 0 Å². The Morgan fingerprint density at radius 3 is 2.39 bits per heavy atom. The van der Waals surface area contributed by atoms with Gasteiger partial charge in [-0.3, -0.25) is 0 Å². The third-order valence-electron chi connectivity index (χ3n) is 4.70. The molecule has 0 heterocycles. The van der Waals surface area contributed by atoms with Crippen molar-refractivity contribution in [1.29, 1.82) is 0 Å². The summed E-state index contributed by atoms with van der Waals surface area (Å²) in [6.07, 6.45) is 8.93. The van der Waals surface area contributed by atoms with Crippen LogP contribution in [0.1, 0.15) is 45.6 Å². The number of unbranched alkanes of at least 4 members (excludes halogenated alkanes) is 1. The molecule has 2 heteroatoms. The zero-order valence-electron chi connectivity index (χ0n) is 15.7. The topological polar surface area (TPSA) is 9.23 Å². The highest BCUT2D eigenvalue weighted by molar-refractivity contribution is 6.74. The minimum atomic E-state index is -1.65. The highest BCUT2D eigenvalue weighted by atomic mass is 28.4. The van der Waals surface area contributed by atoms with Gasteiger partial charge < -0.3 is 4.43 Å². The van der Waals surface area contributed by atoms with E-state index in [0.29, 0.717) is 6.61 Å². The van der Waals surface area contributed by atoms with Crippen molar-refractivity contribution in [1.82, 2.24) is 0 Å². The maximum atomic E-state index is 6.20. The van der Waals surface area contributed by atoms with Crippen LogP contribution in [-0.2, 0) is 10.8 Å². The summed E-state index contributed by atoms with van der Waals surface area (Å²) < 4.78 is 6.20. The van der Waals surface area contributed by atoms with Crippen LogP contribution in [0.15, 0.2) is 54.6 Å². The molecule has 0 N–H and O–H groups in total. The molecule has 1 nitrogen and oxygen atoms in total. The van der Waals surface area contributed by atoms with Crippen LogP contribution in [0.2, 0.25) is 18.1 Å². The zero-order valence-corrected chi connectivity index (χ0v) is 16.7. The Hall–Kier alpha value is -1.12. The Bertz CT molecular complexity index is 494. The molecule has 0 bridgehead atoms. The number of rotatable bonds is 9. The van der Waals surface area contributed by atoms with Crippen LogP contribution in [0.3, 0.4) is 0 Å². The summed E-state index contributed by atoms with van der Waals surface area (Å²) in [7, 11) is -1.65. The van der Waals surface area contributed by atoms with Crippen LogP contribution in [-0.4, -0.2) is 14.9 Å². The quantitative estimate of drug-likeness (QED) is 0.284. The Labute approximate surface area is 144 Å². The Balaban J connectivity index is 2.18. The van der Waals surface area contributed by atoms with Gasteiger partial charge in [-0.1, -0.05) is 69.8 Å². The Kier molecular flexibility index (Phi) is 8.00. The number of aryl methyl sites for hydroxylation is 1. The van der Waals surface area contributed by atoms with Crippen molar-refractivity contribution in [3.8, 4) is 0 Å². The molecule has 0 spiro atoms. The van der Waals surface area contributed by atoms with E-state index < -0.39 is 8.32 Å². The summed E-state index contributed by atoms with van der Waals surface area (Å²) in [4.78, 5) is 0. The van der Waals surface area contributed by atoms with E-state index in [1.807, 2.05) is 0 Å². The van der Waals surface area contributed by atoms with Gasteiger partial charge in [0.1, 0.15) is 0 Å². The second-order valence-corrected chi connectivity index (χ2v) is 12.7. The summed E-state index contributed by atoms with van der Waals surface area (Å²) in [5.41, 5.74) is 2.60. The van der Waals surface area contributed by atoms with Crippen LogP contribution in [0, 0.1) is 0 Å².